The van der Waals surface area contributed by atoms with Crippen molar-refractivity contribution < 1.29 is 4.39 Å². The highest BCUT2D eigenvalue weighted by Crippen LogP contribution is 2.04. The van der Waals surface area contributed by atoms with E-state index in [9.17, 15) is 4.39 Å². The molecule has 0 bridgehead atoms. The summed E-state index contributed by atoms with van der Waals surface area (Å²) >= 11 is 0. The first-order valence-corrected chi connectivity index (χ1v) is 3.97. The first-order chi connectivity index (χ1) is 4.41. The van der Waals surface area contributed by atoms with E-state index in [0.29, 0.717) is 0 Å². The lowest BCUT2D eigenvalue weighted by Crippen LogP contribution is -1.78. The largest absolute Gasteiger partial charge is 0.251 e. The molecule has 0 heterocycles. The number of alkyl halides is 1. The predicted molar refractivity (Wildman–Crippen MR) is 39.4 cm³/mol. The molecule has 0 saturated carbocycles. The number of rotatable bonds is 6. The zero-order chi connectivity index (χ0) is 6.95. The molecule has 0 radical (unpaired) electrons. The van der Waals surface area contributed by atoms with Crippen LogP contribution in [0.25, 0.3) is 0 Å². The Labute approximate surface area is 57.5 Å². The Balaban J connectivity index is 2.60. The van der Waals surface area contributed by atoms with Gasteiger partial charge in [0.1, 0.15) is 0 Å². The average Bonchev–Trinajstić information content (AvgIpc) is 1.89. The van der Waals surface area contributed by atoms with Crippen molar-refractivity contribution in [2.75, 3.05) is 6.67 Å². The Morgan fingerprint density at radius 2 is 1.44 bits per heavy atom. The van der Waals surface area contributed by atoms with E-state index < -0.39 is 0 Å². The van der Waals surface area contributed by atoms with Gasteiger partial charge < -0.3 is 0 Å². The van der Waals surface area contributed by atoms with E-state index >= 15 is 0 Å². The third-order valence-electron chi connectivity index (χ3n) is 1.49. The fourth-order valence-corrected chi connectivity index (χ4v) is 0.875. The topological polar surface area (TPSA) is 0 Å². The quantitative estimate of drug-likeness (QED) is 0.486. The van der Waals surface area contributed by atoms with Crippen molar-refractivity contribution in [2.24, 2.45) is 0 Å². The Bertz CT molecular complexity index is 37.8. The van der Waals surface area contributed by atoms with Crippen molar-refractivity contribution in [2.45, 2.75) is 45.4 Å². The molecule has 0 N–H and O–H groups in total. The van der Waals surface area contributed by atoms with Crippen LogP contribution in [0.15, 0.2) is 0 Å². The molecule has 56 valence electrons. The van der Waals surface area contributed by atoms with Gasteiger partial charge in [0, 0.05) is 0 Å². The molecule has 0 nitrogen and oxygen atoms in total. The minimum absolute atomic E-state index is 0.133. The normalized spacial score (nSPS) is 10.0. The minimum atomic E-state index is -0.133. The smallest absolute Gasteiger partial charge is 0.0894 e. The minimum Gasteiger partial charge on any atom is -0.251 e. The lowest BCUT2D eigenvalue weighted by Gasteiger charge is -1.95. The molecule has 0 saturated heterocycles. The second-order valence-corrected chi connectivity index (χ2v) is 2.46. The van der Waals surface area contributed by atoms with Crippen LogP contribution < -0.4 is 0 Å². The van der Waals surface area contributed by atoms with E-state index in [4.69, 9.17) is 0 Å². The molecule has 0 atom stereocenters. The van der Waals surface area contributed by atoms with Gasteiger partial charge in [0.05, 0.1) is 6.67 Å². The van der Waals surface area contributed by atoms with Gasteiger partial charge in [-0.15, -0.1) is 0 Å². The fourth-order valence-electron chi connectivity index (χ4n) is 0.875. The number of unbranched alkanes of at least 4 members (excludes halogenated alkanes) is 5. The fraction of sp³-hybridized carbons (Fsp3) is 1.00. The lowest BCUT2D eigenvalue weighted by atomic mass is 10.1. The highest BCUT2D eigenvalue weighted by Gasteiger charge is 1.87. The summed E-state index contributed by atoms with van der Waals surface area (Å²) in [5.41, 5.74) is 0. The third kappa shape index (κ3) is 7.93. The monoisotopic (exact) mass is 132 g/mol. The zero-order valence-corrected chi connectivity index (χ0v) is 6.33. The lowest BCUT2D eigenvalue weighted by molar-refractivity contribution is 0.451. The van der Waals surface area contributed by atoms with E-state index in [0.717, 1.165) is 12.8 Å². The van der Waals surface area contributed by atoms with Gasteiger partial charge in [-0.25, -0.2) is 0 Å². The number of hydrogen-bond acceptors (Lipinski definition) is 0. The highest BCUT2D eigenvalue weighted by atomic mass is 19.1. The summed E-state index contributed by atoms with van der Waals surface area (Å²) in [4.78, 5) is 0. The molecule has 0 aliphatic rings. The molecule has 0 aliphatic carbocycles. The molecule has 0 aromatic carbocycles. The van der Waals surface area contributed by atoms with Crippen LogP contribution in [0.5, 0.6) is 0 Å². The Kier molecular flexibility index (Phi) is 7.87. The van der Waals surface area contributed by atoms with E-state index in [1.165, 1.54) is 25.7 Å². The van der Waals surface area contributed by atoms with E-state index in [1.807, 2.05) is 0 Å². The maximum Gasteiger partial charge on any atom is 0.0894 e. The summed E-state index contributed by atoms with van der Waals surface area (Å²) in [5.74, 6) is 0. The van der Waals surface area contributed by atoms with Crippen LogP contribution >= 0.6 is 0 Å². The van der Waals surface area contributed by atoms with Gasteiger partial charge >= 0.3 is 0 Å². The van der Waals surface area contributed by atoms with E-state index in [-0.39, 0.29) is 6.67 Å². The zero-order valence-electron chi connectivity index (χ0n) is 6.33. The van der Waals surface area contributed by atoms with E-state index in [1.54, 1.807) is 0 Å². The molecule has 0 unspecified atom stereocenters. The van der Waals surface area contributed by atoms with Crippen LogP contribution in [0.3, 0.4) is 0 Å². The standard InChI is InChI=1S/C8H17F/c1-2-3-4-5-6-7-8-9/h2-8H2,1H3. The van der Waals surface area contributed by atoms with Crippen LogP contribution in [0, 0.1) is 0 Å². The summed E-state index contributed by atoms with van der Waals surface area (Å²) in [5, 5.41) is 0. The molecule has 0 aliphatic heterocycles. The Morgan fingerprint density at radius 3 is 2.00 bits per heavy atom. The number of halogens is 1. The second-order valence-electron chi connectivity index (χ2n) is 2.46. The highest BCUT2D eigenvalue weighted by molar-refractivity contribution is 4.41. The summed E-state index contributed by atoms with van der Waals surface area (Å²) in [7, 11) is 0. The van der Waals surface area contributed by atoms with Crippen molar-refractivity contribution in [1.29, 1.82) is 0 Å². The van der Waals surface area contributed by atoms with Crippen molar-refractivity contribution in [3.63, 3.8) is 0 Å². The SMILES string of the molecule is CCCCCCCCF. The van der Waals surface area contributed by atoms with Crippen LogP contribution in [-0.4, -0.2) is 6.67 Å². The predicted octanol–water partition coefficient (Wildman–Crippen LogP) is 3.32. The average molecular weight is 132 g/mol. The van der Waals surface area contributed by atoms with Crippen molar-refractivity contribution >= 4 is 0 Å². The summed E-state index contributed by atoms with van der Waals surface area (Å²) < 4.78 is 11.5. The molecule has 0 rings (SSSR count). The van der Waals surface area contributed by atoms with Gasteiger partial charge in [-0.05, 0) is 6.42 Å². The van der Waals surface area contributed by atoms with Crippen LogP contribution in [0.2, 0.25) is 0 Å². The molecule has 0 fully saturated rings. The molecule has 0 spiro atoms. The Morgan fingerprint density at radius 1 is 0.889 bits per heavy atom. The summed E-state index contributed by atoms with van der Waals surface area (Å²) in [6.45, 7) is 2.06. The molecular formula is C8H17F. The van der Waals surface area contributed by atoms with Crippen LogP contribution in [-0.2, 0) is 0 Å². The first-order valence-electron chi connectivity index (χ1n) is 3.97. The Hall–Kier alpha value is -0.0700. The second kappa shape index (κ2) is 7.93. The third-order valence-corrected chi connectivity index (χ3v) is 1.49. The summed E-state index contributed by atoms with van der Waals surface area (Å²) in [6.07, 6.45) is 6.94. The molecule has 0 aromatic rings. The molecular weight excluding hydrogens is 115 g/mol. The first kappa shape index (κ1) is 8.93. The van der Waals surface area contributed by atoms with Gasteiger partial charge in [-0.3, -0.25) is 4.39 Å². The molecule has 0 amide bonds. The summed E-state index contributed by atoms with van der Waals surface area (Å²) in [6, 6.07) is 0. The molecule has 1 heteroatoms. The van der Waals surface area contributed by atoms with Crippen molar-refractivity contribution in [3.8, 4) is 0 Å². The van der Waals surface area contributed by atoms with Crippen molar-refractivity contribution in [1.82, 2.24) is 0 Å². The van der Waals surface area contributed by atoms with Gasteiger partial charge in [0.2, 0.25) is 0 Å². The number of hydrogen-bond donors (Lipinski definition) is 0. The molecule has 0 aromatic heterocycles. The maximum absolute atomic E-state index is 11.5. The van der Waals surface area contributed by atoms with Gasteiger partial charge in [-0.2, -0.15) is 0 Å². The van der Waals surface area contributed by atoms with Crippen LogP contribution in [0.1, 0.15) is 45.4 Å². The van der Waals surface area contributed by atoms with Gasteiger partial charge in [0.25, 0.3) is 0 Å². The maximum atomic E-state index is 11.5. The molecule has 9 heavy (non-hydrogen) atoms. The van der Waals surface area contributed by atoms with Crippen LogP contribution in [0.4, 0.5) is 4.39 Å². The van der Waals surface area contributed by atoms with Gasteiger partial charge in [-0.1, -0.05) is 39.0 Å². The van der Waals surface area contributed by atoms with Crippen molar-refractivity contribution in [3.05, 3.63) is 0 Å². The van der Waals surface area contributed by atoms with E-state index in [2.05, 4.69) is 6.92 Å². The van der Waals surface area contributed by atoms with Gasteiger partial charge in [0.15, 0.2) is 0 Å².